The second-order valence-corrected chi connectivity index (χ2v) is 7.37. The molecule has 6 nitrogen and oxygen atoms in total. The van der Waals surface area contributed by atoms with Crippen LogP contribution in [0.1, 0.15) is 22.8 Å². The smallest absolute Gasteiger partial charge is 0.339 e. The van der Waals surface area contributed by atoms with E-state index in [1.165, 1.54) is 11.3 Å². The highest BCUT2D eigenvalue weighted by molar-refractivity contribution is 7.22. The molecule has 1 saturated heterocycles. The molecule has 7 heteroatoms. The van der Waals surface area contributed by atoms with E-state index in [2.05, 4.69) is 11.0 Å². The molecule has 3 heterocycles. The lowest BCUT2D eigenvalue weighted by molar-refractivity contribution is 0.0529. The Hall–Kier alpha value is -2.51. The zero-order valence-corrected chi connectivity index (χ0v) is 16.2. The predicted octanol–water partition coefficient (Wildman–Crippen LogP) is 3.68. The number of nitrogens with zero attached hydrogens (tertiary/aromatic N) is 3. The first-order chi connectivity index (χ1) is 13.2. The van der Waals surface area contributed by atoms with Gasteiger partial charge >= 0.3 is 5.97 Å². The molecule has 0 N–H and O–H groups in total. The zero-order valence-electron chi connectivity index (χ0n) is 15.4. The number of carbonyl (C=O) groups excluding carboxylic acids is 1. The first-order valence-electron chi connectivity index (χ1n) is 9.04. The van der Waals surface area contributed by atoms with Gasteiger partial charge in [0.25, 0.3) is 0 Å². The van der Waals surface area contributed by atoms with Gasteiger partial charge in [0.1, 0.15) is 0 Å². The Morgan fingerprint density at radius 3 is 2.81 bits per heavy atom. The Bertz CT molecular complexity index is 980. The predicted molar refractivity (Wildman–Crippen MR) is 107 cm³/mol. The van der Waals surface area contributed by atoms with Crippen molar-refractivity contribution >= 4 is 32.8 Å². The van der Waals surface area contributed by atoms with E-state index in [0.29, 0.717) is 31.0 Å². The number of rotatable bonds is 4. The van der Waals surface area contributed by atoms with Gasteiger partial charge in [-0.3, -0.25) is 0 Å². The molecule has 1 aliphatic heterocycles. The maximum atomic E-state index is 12.6. The quantitative estimate of drug-likeness (QED) is 0.641. The molecule has 0 radical (unpaired) electrons. The van der Waals surface area contributed by atoms with Crippen molar-refractivity contribution in [1.29, 1.82) is 0 Å². The van der Waals surface area contributed by atoms with Crippen LogP contribution >= 0.6 is 11.3 Å². The third-order valence-electron chi connectivity index (χ3n) is 4.44. The number of aromatic nitrogens is 2. The number of fused-ring (bicyclic) bond motifs is 1. The summed E-state index contributed by atoms with van der Waals surface area (Å²) in [6, 6.07) is 9.88. The highest BCUT2D eigenvalue weighted by atomic mass is 32.1. The maximum absolute atomic E-state index is 12.6. The number of thiazole rings is 1. The van der Waals surface area contributed by atoms with Gasteiger partial charge in [0.05, 0.1) is 35.8 Å². The minimum absolute atomic E-state index is 0.331. The standard InChI is InChI=1S/C20H21N3O3S/c1-3-26-19(24)15-12-16(14-6-4-5-13(2)11-14)21-18-17(15)27-20(22-18)23-7-9-25-10-8-23/h4-6,11-12H,3,7-10H2,1-2H3. The van der Waals surface area contributed by atoms with Crippen molar-refractivity contribution in [3.05, 3.63) is 41.5 Å². The average molecular weight is 383 g/mol. The van der Waals surface area contributed by atoms with Gasteiger partial charge < -0.3 is 14.4 Å². The van der Waals surface area contributed by atoms with Crippen molar-refractivity contribution < 1.29 is 14.3 Å². The van der Waals surface area contributed by atoms with Crippen LogP contribution in [0.2, 0.25) is 0 Å². The van der Waals surface area contributed by atoms with E-state index < -0.39 is 0 Å². The lowest BCUT2D eigenvalue weighted by Crippen LogP contribution is -2.36. The van der Waals surface area contributed by atoms with Crippen molar-refractivity contribution in [2.24, 2.45) is 0 Å². The van der Waals surface area contributed by atoms with E-state index in [1.807, 2.05) is 38.1 Å². The Labute approximate surface area is 161 Å². The lowest BCUT2D eigenvalue weighted by Gasteiger charge is -2.25. The number of hydrogen-bond acceptors (Lipinski definition) is 7. The van der Waals surface area contributed by atoms with E-state index in [1.54, 1.807) is 0 Å². The van der Waals surface area contributed by atoms with Crippen LogP contribution in [-0.4, -0.2) is 48.8 Å². The van der Waals surface area contributed by atoms with Crippen LogP contribution < -0.4 is 4.90 Å². The fraction of sp³-hybridized carbons (Fsp3) is 0.350. The third kappa shape index (κ3) is 3.65. The average Bonchev–Trinajstić information content (AvgIpc) is 3.12. The first kappa shape index (κ1) is 17.9. The van der Waals surface area contributed by atoms with Crippen LogP contribution in [-0.2, 0) is 9.47 Å². The van der Waals surface area contributed by atoms with E-state index in [4.69, 9.17) is 19.4 Å². The summed E-state index contributed by atoms with van der Waals surface area (Å²) >= 11 is 1.49. The van der Waals surface area contributed by atoms with Crippen LogP contribution in [0.25, 0.3) is 21.6 Å². The lowest BCUT2D eigenvalue weighted by atomic mass is 10.1. The SMILES string of the molecule is CCOC(=O)c1cc(-c2cccc(C)c2)nc2nc(N3CCOCC3)sc12. The number of hydrogen-bond donors (Lipinski definition) is 0. The molecule has 0 spiro atoms. The monoisotopic (exact) mass is 383 g/mol. The minimum atomic E-state index is -0.337. The Balaban J connectivity index is 1.84. The van der Waals surface area contributed by atoms with Crippen molar-refractivity contribution in [3.8, 4) is 11.3 Å². The number of morpholine rings is 1. The van der Waals surface area contributed by atoms with Gasteiger partial charge in [0.15, 0.2) is 10.8 Å². The van der Waals surface area contributed by atoms with Crippen LogP contribution in [0.3, 0.4) is 0 Å². The van der Waals surface area contributed by atoms with Crippen LogP contribution in [0, 0.1) is 6.92 Å². The molecule has 3 aromatic rings. The largest absolute Gasteiger partial charge is 0.462 e. The Kier molecular flexibility index (Phi) is 5.05. The Morgan fingerprint density at radius 2 is 2.07 bits per heavy atom. The topological polar surface area (TPSA) is 64.5 Å². The van der Waals surface area contributed by atoms with Gasteiger partial charge in [-0.15, -0.1) is 0 Å². The van der Waals surface area contributed by atoms with Gasteiger partial charge in [0.2, 0.25) is 0 Å². The summed E-state index contributed by atoms with van der Waals surface area (Å²) in [7, 11) is 0. The van der Waals surface area contributed by atoms with Crippen LogP contribution in [0.4, 0.5) is 5.13 Å². The van der Waals surface area contributed by atoms with Crippen molar-refractivity contribution in [3.63, 3.8) is 0 Å². The number of esters is 1. The molecule has 1 fully saturated rings. The maximum Gasteiger partial charge on any atom is 0.339 e. The summed E-state index contributed by atoms with van der Waals surface area (Å²) in [5, 5.41) is 0.868. The molecule has 0 atom stereocenters. The van der Waals surface area contributed by atoms with Crippen molar-refractivity contribution in [2.45, 2.75) is 13.8 Å². The van der Waals surface area contributed by atoms with E-state index >= 15 is 0 Å². The highest BCUT2D eigenvalue weighted by Gasteiger charge is 2.22. The number of aryl methyl sites for hydroxylation is 1. The second-order valence-electron chi connectivity index (χ2n) is 6.39. The molecule has 27 heavy (non-hydrogen) atoms. The van der Waals surface area contributed by atoms with Crippen molar-refractivity contribution in [2.75, 3.05) is 37.8 Å². The number of carbonyl (C=O) groups is 1. The zero-order chi connectivity index (χ0) is 18.8. The van der Waals surface area contributed by atoms with E-state index in [0.717, 1.165) is 39.7 Å². The minimum Gasteiger partial charge on any atom is -0.462 e. The molecule has 1 aromatic carbocycles. The molecule has 1 aliphatic rings. The molecule has 0 aliphatic carbocycles. The molecule has 0 amide bonds. The summed E-state index contributed by atoms with van der Waals surface area (Å²) in [6.45, 7) is 7.12. The summed E-state index contributed by atoms with van der Waals surface area (Å²) in [5.74, 6) is -0.337. The van der Waals surface area contributed by atoms with Gasteiger partial charge in [-0.25, -0.2) is 9.78 Å². The van der Waals surface area contributed by atoms with Crippen LogP contribution in [0.15, 0.2) is 30.3 Å². The molecule has 0 saturated carbocycles. The van der Waals surface area contributed by atoms with Gasteiger partial charge in [0, 0.05) is 18.7 Å². The van der Waals surface area contributed by atoms with Crippen LogP contribution in [0.5, 0.6) is 0 Å². The second kappa shape index (κ2) is 7.62. The molecule has 0 bridgehead atoms. The molecular formula is C20H21N3O3S. The van der Waals surface area contributed by atoms with Gasteiger partial charge in [-0.2, -0.15) is 4.98 Å². The molecule has 140 valence electrons. The number of anilines is 1. The van der Waals surface area contributed by atoms with Crippen molar-refractivity contribution in [1.82, 2.24) is 9.97 Å². The molecular weight excluding hydrogens is 362 g/mol. The fourth-order valence-corrected chi connectivity index (χ4v) is 4.16. The molecule has 0 unspecified atom stereocenters. The Morgan fingerprint density at radius 1 is 1.26 bits per heavy atom. The third-order valence-corrected chi connectivity index (χ3v) is 5.58. The van der Waals surface area contributed by atoms with E-state index in [-0.39, 0.29) is 5.97 Å². The summed E-state index contributed by atoms with van der Waals surface area (Å²) < 4.78 is 11.5. The first-order valence-corrected chi connectivity index (χ1v) is 9.86. The highest BCUT2D eigenvalue weighted by Crippen LogP contribution is 2.34. The normalized spacial score (nSPS) is 14.5. The fourth-order valence-electron chi connectivity index (χ4n) is 3.10. The molecule has 4 rings (SSSR count). The number of ether oxygens (including phenoxy) is 2. The summed E-state index contributed by atoms with van der Waals surface area (Å²) in [6.07, 6.45) is 0. The number of benzene rings is 1. The number of pyridine rings is 1. The summed E-state index contributed by atoms with van der Waals surface area (Å²) in [5.41, 5.74) is 3.94. The summed E-state index contributed by atoms with van der Waals surface area (Å²) in [4.78, 5) is 24.2. The van der Waals surface area contributed by atoms with Gasteiger partial charge in [-0.1, -0.05) is 35.1 Å². The van der Waals surface area contributed by atoms with Gasteiger partial charge in [-0.05, 0) is 26.0 Å². The van der Waals surface area contributed by atoms with E-state index in [9.17, 15) is 4.79 Å². The molecule has 2 aromatic heterocycles.